The zero-order chi connectivity index (χ0) is 12.7. The first-order chi connectivity index (χ1) is 8.03. The van der Waals surface area contributed by atoms with E-state index in [1.54, 1.807) is 0 Å². The number of nitrogens with one attached hydrogen (secondary N) is 1. The van der Waals surface area contributed by atoms with E-state index in [0.717, 1.165) is 13.2 Å². The van der Waals surface area contributed by atoms with Crippen molar-refractivity contribution in [1.29, 1.82) is 0 Å². The second-order valence-corrected chi connectivity index (χ2v) is 6.40. The van der Waals surface area contributed by atoms with Crippen LogP contribution in [0.4, 0.5) is 0 Å². The SMILES string of the molecule is CCCNC(C)CC(C)(C)CCC1CCCO1. The molecule has 0 aromatic rings. The second kappa shape index (κ2) is 7.38. The number of ether oxygens (including phenoxy) is 1. The molecule has 1 fully saturated rings. The predicted octanol–water partition coefficient (Wildman–Crippen LogP) is 3.75. The van der Waals surface area contributed by atoms with Gasteiger partial charge in [-0.3, -0.25) is 0 Å². The molecule has 0 radical (unpaired) electrons. The average molecular weight is 241 g/mol. The molecule has 17 heavy (non-hydrogen) atoms. The highest BCUT2D eigenvalue weighted by atomic mass is 16.5. The molecule has 0 bridgehead atoms. The molecule has 2 nitrogen and oxygen atoms in total. The lowest BCUT2D eigenvalue weighted by molar-refractivity contribution is 0.0892. The Morgan fingerprint density at radius 1 is 1.41 bits per heavy atom. The van der Waals surface area contributed by atoms with Gasteiger partial charge in [0.25, 0.3) is 0 Å². The van der Waals surface area contributed by atoms with Crippen molar-refractivity contribution in [2.45, 2.75) is 78.4 Å². The fraction of sp³-hybridized carbons (Fsp3) is 1.00. The summed E-state index contributed by atoms with van der Waals surface area (Å²) >= 11 is 0. The first kappa shape index (κ1) is 15.0. The van der Waals surface area contributed by atoms with E-state index in [0.29, 0.717) is 17.6 Å². The zero-order valence-electron chi connectivity index (χ0n) is 12.2. The highest BCUT2D eigenvalue weighted by molar-refractivity contribution is 4.77. The Morgan fingerprint density at radius 2 is 2.18 bits per heavy atom. The molecule has 0 aliphatic carbocycles. The summed E-state index contributed by atoms with van der Waals surface area (Å²) in [4.78, 5) is 0. The Hall–Kier alpha value is -0.0800. The van der Waals surface area contributed by atoms with E-state index in [4.69, 9.17) is 4.74 Å². The smallest absolute Gasteiger partial charge is 0.0576 e. The van der Waals surface area contributed by atoms with Gasteiger partial charge in [0.1, 0.15) is 0 Å². The van der Waals surface area contributed by atoms with Crippen LogP contribution in [0.2, 0.25) is 0 Å². The molecule has 0 saturated carbocycles. The Bertz CT molecular complexity index is 197. The fourth-order valence-corrected chi connectivity index (χ4v) is 2.82. The van der Waals surface area contributed by atoms with Crippen LogP contribution in [0.3, 0.4) is 0 Å². The van der Waals surface area contributed by atoms with Crippen LogP contribution in [0.1, 0.15) is 66.2 Å². The molecule has 1 rings (SSSR count). The molecule has 1 aliphatic rings. The highest BCUT2D eigenvalue weighted by Crippen LogP contribution is 2.31. The third-order valence-corrected chi connectivity index (χ3v) is 3.77. The molecule has 102 valence electrons. The maximum absolute atomic E-state index is 5.70. The number of hydrogen-bond donors (Lipinski definition) is 1. The third-order valence-electron chi connectivity index (χ3n) is 3.77. The van der Waals surface area contributed by atoms with Crippen molar-refractivity contribution in [1.82, 2.24) is 5.32 Å². The molecule has 2 atom stereocenters. The van der Waals surface area contributed by atoms with E-state index in [-0.39, 0.29) is 0 Å². The molecule has 2 heteroatoms. The summed E-state index contributed by atoms with van der Waals surface area (Å²) in [7, 11) is 0. The summed E-state index contributed by atoms with van der Waals surface area (Å²) in [5.74, 6) is 0. The summed E-state index contributed by atoms with van der Waals surface area (Å²) in [5.41, 5.74) is 0.437. The van der Waals surface area contributed by atoms with Crippen molar-refractivity contribution in [3.63, 3.8) is 0 Å². The Labute approximate surface area is 108 Å². The van der Waals surface area contributed by atoms with Crippen LogP contribution in [-0.2, 0) is 4.74 Å². The van der Waals surface area contributed by atoms with Gasteiger partial charge in [0.15, 0.2) is 0 Å². The van der Waals surface area contributed by atoms with Gasteiger partial charge in [-0.1, -0.05) is 20.8 Å². The van der Waals surface area contributed by atoms with E-state index in [1.807, 2.05) is 0 Å². The fourth-order valence-electron chi connectivity index (χ4n) is 2.82. The monoisotopic (exact) mass is 241 g/mol. The van der Waals surface area contributed by atoms with Crippen molar-refractivity contribution in [3.8, 4) is 0 Å². The summed E-state index contributed by atoms with van der Waals surface area (Å²) in [6.45, 7) is 11.5. The lowest BCUT2D eigenvalue weighted by atomic mass is 9.81. The standard InChI is InChI=1S/C15H31NO/c1-5-10-16-13(2)12-15(3,4)9-8-14-7-6-11-17-14/h13-14,16H,5-12H2,1-4H3. The van der Waals surface area contributed by atoms with Gasteiger partial charge < -0.3 is 10.1 Å². The molecular formula is C15H31NO. The van der Waals surface area contributed by atoms with Gasteiger partial charge in [-0.2, -0.15) is 0 Å². The Kier molecular flexibility index (Phi) is 6.50. The van der Waals surface area contributed by atoms with Gasteiger partial charge >= 0.3 is 0 Å². The van der Waals surface area contributed by atoms with Crippen LogP contribution < -0.4 is 5.32 Å². The zero-order valence-corrected chi connectivity index (χ0v) is 12.2. The van der Waals surface area contributed by atoms with Gasteiger partial charge in [-0.15, -0.1) is 0 Å². The molecule has 0 amide bonds. The van der Waals surface area contributed by atoms with Crippen LogP contribution in [-0.4, -0.2) is 25.3 Å². The van der Waals surface area contributed by atoms with E-state index >= 15 is 0 Å². The van der Waals surface area contributed by atoms with Crippen molar-refractivity contribution in [2.24, 2.45) is 5.41 Å². The van der Waals surface area contributed by atoms with Crippen molar-refractivity contribution < 1.29 is 4.74 Å². The molecule has 0 aromatic carbocycles. The van der Waals surface area contributed by atoms with Gasteiger partial charge in [0.2, 0.25) is 0 Å². The van der Waals surface area contributed by atoms with Gasteiger partial charge in [0.05, 0.1) is 6.10 Å². The summed E-state index contributed by atoms with van der Waals surface area (Å²) in [6.07, 6.45) is 8.11. The lowest BCUT2D eigenvalue weighted by Crippen LogP contribution is -2.32. The van der Waals surface area contributed by atoms with Crippen molar-refractivity contribution in [2.75, 3.05) is 13.2 Å². The molecule has 1 aliphatic heterocycles. The van der Waals surface area contributed by atoms with Crippen molar-refractivity contribution >= 4 is 0 Å². The minimum atomic E-state index is 0.437. The van der Waals surface area contributed by atoms with E-state index in [2.05, 4.69) is 33.0 Å². The maximum atomic E-state index is 5.70. The average Bonchev–Trinajstić information content (AvgIpc) is 2.76. The van der Waals surface area contributed by atoms with Crippen LogP contribution >= 0.6 is 0 Å². The molecule has 0 aromatic heterocycles. The van der Waals surface area contributed by atoms with E-state index in [9.17, 15) is 0 Å². The predicted molar refractivity (Wildman–Crippen MR) is 74.4 cm³/mol. The second-order valence-electron chi connectivity index (χ2n) is 6.40. The summed E-state index contributed by atoms with van der Waals surface area (Å²) < 4.78 is 5.70. The van der Waals surface area contributed by atoms with Gasteiger partial charge in [-0.25, -0.2) is 0 Å². The van der Waals surface area contributed by atoms with Crippen LogP contribution in [0.15, 0.2) is 0 Å². The minimum absolute atomic E-state index is 0.437. The first-order valence-electron chi connectivity index (χ1n) is 7.38. The third kappa shape index (κ3) is 6.42. The molecule has 1 saturated heterocycles. The summed E-state index contributed by atoms with van der Waals surface area (Å²) in [6, 6.07) is 0.634. The van der Waals surface area contributed by atoms with E-state index < -0.39 is 0 Å². The number of hydrogen-bond acceptors (Lipinski definition) is 2. The maximum Gasteiger partial charge on any atom is 0.0576 e. The molecule has 0 spiro atoms. The highest BCUT2D eigenvalue weighted by Gasteiger charge is 2.24. The lowest BCUT2D eigenvalue weighted by Gasteiger charge is -2.29. The van der Waals surface area contributed by atoms with Crippen molar-refractivity contribution in [3.05, 3.63) is 0 Å². The molecule has 1 N–H and O–H groups in total. The normalized spacial score (nSPS) is 22.9. The largest absolute Gasteiger partial charge is 0.378 e. The number of rotatable bonds is 8. The van der Waals surface area contributed by atoms with Crippen LogP contribution in [0, 0.1) is 5.41 Å². The van der Waals surface area contributed by atoms with E-state index in [1.165, 1.54) is 38.5 Å². The molecule has 1 heterocycles. The van der Waals surface area contributed by atoms with Crippen LogP contribution in [0.5, 0.6) is 0 Å². The van der Waals surface area contributed by atoms with Gasteiger partial charge in [-0.05, 0) is 57.4 Å². The molecular weight excluding hydrogens is 210 g/mol. The Balaban J connectivity index is 2.19. The quantitative estimate of drug-likeness (QED) is 0.699. The topological polar surface area (TPSA) is 21.3 Å². The van der Waals surface area contributed by atoms with Crippen LogP contribution in [0.25, 0.3) is 0 Å². The van der Waals surface area contributed by atoms with Gasteiger partial charge in [0, 0.05) is 12.6 Å². The summed E-state index contributed by atoms with van der Waals surface area (Å²) in [5, 5.41) is 3.59. The minimum Gasteiger partial charge on any atom is -0.378 e. The Morgan fingerprint density at radius 3 is 2.76 bits per heavy atom. The first-order valence-corrected chi connectivity index (χ1v) is 7.38. The molecule has 2 unspecified atom stereocenters.